The summed E-state index contributed by atoms with van der Waals surface area (Å²) in [4.78, 5) is 24.9. The molecular formula is C29H30BrN2O5P. The van der Waals surface area contributed by atoms with E-state index in [9.17, 15) is 9.59 Å². The molecule has 3 aromatic rings. The first-order chi connectivity index (χ1) is 18.6. The van der Waals surface area contributed by atoms with Gasteiger partial charge < -0.3 is 18.7 Å². The molecule has 0 amide bonds. The maximum Gasteiger partial charge on any atom is 0.338 e. The van der Waals surface area contributed by atoms with Crippen molar-refractivity contribution >= 4 is 42.0 Å². The lowest BCUT2D eigenvalue weighted by atomic mass is 10.2. The molecule has 0 aromatic heterocycles. The number of hydrogen-bond donors (Lipinski definition) is 0. The van der Waals surface area contributed by atoms with Crippen LogP contribution in [0.4, 0.5) is 5.69 Å². The third kappa shape index (κ3) is 6.44. The summed E-state index contributed by atoms with van der Waals surface area (Å²) < 4.78 is 22.8. The van der Waals surface area contributed by atoms with Crippen molar-refractivity contribution in [3.63, 3.8) is 0 Å². The number of halogens is 1. The van der Waals surface area contributed by atoms with Crippen molar-refractivity contribution in [3.05, 3.63) is 102 Å². The van der Waals surface area contributed by atoms with E-state index < -0.39 is 26.5 Å². The Labute approximate surface area is 232 Å². The van der Waals surface area contributed by atoms with Crippen LogP contribution in [0.1, 0.15) is 33.6 Å². The smallest absolute Gasteiger partial charge is 0.338 e. The summed E-state index contributed by atoms with van der Waals surface area (Å²) in [7, 11) is -1.15. The number of carbonyl (C=O) groups excluding carboxylic acids is 2. The van der Waals surface area contributed by atoms with Gasteiger partial charge in [0, 0.05) is 24.8 Å². The Kier molecular flexibility index (Phi) is 9.07. The molecule has 0 bridgehead atoms. The molecule has 4 atom stereocenters. The van der Waals surface area contributed by atoms with Crippen LogP contribution in [0.2, 0.25) is 0 Å². The van der Waals surface area contributed by atoms with Gasteiger partial charge in [0.1, 0.15) is 19.3 Å². The molecule has 0 aliphatic carbocycles. The summed E-state index contributed by atoms with van der Waals surface area (Å²) in [5.74, 6) is -0.828. The first-order valence-corrected chi connectivity index (χ1v) is 14.8. The van der Waals surface area contributed by atoms with Crippen LogP contribution in [0, 0.1) is 0 Å². The quantitative estimate of drug-likeness (QED) is 0.160. The van der Waals surface area contributed by atoms with Crippen LogP contribution in [-0.4, -0.2) is 59.9 Å². The molecule has 2 fully saturated rings. The van der Waals surface area contributed by atoms with Crippen molar-refractivity contribution < 1.29 is 23.6 Å². The predicted molar refractivity (Wildman–Crippen MR) is 151 cm³/mol. The van der Waals surface area contributed by atoms with Crippen molar-refractivity contribution in [2.45, 2.75) is 29.8 Å². The number of benzene rings is 3. The fourth-order valence-electron chi connectivity index (χ4n) is 4.62. The number of anilines is 1. The lowest BCUT2D eigenvalue weighted by molar-refractivity contribution is 0.0235. The number of nitrogens with zero attached hydrogens (tertiary/aromatic N) is 2. The van der Waals surface area contributed by atoms with Crippen LogP contribution in [0.3, 0.4) is 0 Å². The zero-order valence-electron chi connectivity index (χ0n) is 20.9. The first-order valence-electron chi connectivity index (χ1n) is 12.7. The molecule has 2 aliphatic rings. The van der Waals surface area contributed by atoms with E-state index in [1.807, 2.05) is 30.3 Å². The summed E-state index contributed by atoms with van der Waals surface area (Å²) in [5.41, 5.74) is 2.06. The van der Waals surface area contributed by atoms with E-state index in [0.717, 1.165) is 31.6 Å². The Hall–Kier alpha value is -2.77. The van der Waals surface area contributed by atoms with E-state index >= 15 is 0 Å². The fourth-order valence-corrected chi connectivity index (χ4v) is 7.58. The van der Waals surface area contributed by atoms with Gasteiger partial charge in [-0.15, -0.1) is 0 Å². The van der Waals surface area contributed by atoms with E-state index in [4.69, 9.17) is 14.0 Å². The van der Waals surface area contributed by atoms with Crippen LogP contribution < -0.4 is 4.67 Å². The monoisotopic (exact) mass is 596 g/mol. The molecule has 0 N–H and O–H groups in total. The number of carbonyl (C=O) groups is 2. The minimum atomic E-state index is -1.15. The minimum absolute atomic E-state index is 0.0203. The summed E-state index contributed by atoms with van der Waals surface area (Å²) in [6, 6.07) is 28.5. The fraction of sp³-hybridized carbons (Fsp3) is 0.310. The van der Waals surface area contributed by atoms with Gasteiger partial charge >= 0.3 is 11.9 Å². The van der Waals surface area contributed by atoms with Crippen molar-refractivity contribution in [2.75, 3.05) is 31.0 Å². The molecule has 2 heterocycles. The minimum Gasteiger partial charge on any atom is -0.461 e. The SMILES string of the molecule is O=C(OC[C@@H](Br)[C@@H](COC(=O)c1ccccc1)OP1N(c2ccccc2)C[C@@H]2CCCN21)c1ccccc1. The molecule has 1 unspecified atom stereocenters. The predicted octanol–water partition coefficient (Wildman–Crippen LogP) is 6.06. The second-order valence-electron chi connectivity index (χ2n) is 9.22. The molecule has 2 saturated heterocycles. The van der Waals surface area contributed by atoms with Crippen LogP contribution in [0.15, 0.2) is 91.0 Å². The van der Waals surface area contributed by atoms with Crippen molar-refractivity contribution in [3.8, 4) is 0 Å². The summed E-state index contributed by atoms with van der Waals surface area (Å²) >= 11 is 3.69. The molecule has 38 heavy (non-hydrogen) atoms. The summed E-state index contributed by atoms with van der Waals surface area (Å²) in [6.07, 6.45) is 1.73. The van der Waals surface area contributed by atoms with Crippen molar-refractivity contribution in [2.24, 2.45) is 0 Å². The number of esters is 2. The van der Waals surface area contributed by atoms with Crippen molar-refractivity contribution in [1.29, 1.82) is 0 Å². The van der Waals surface area contributed by atoms with Crippen LogP contribution in [0.5, 0.6) is 0 Å². The number of ether oxygens (including phenoxy) is 2. The number of alkyl halides is 1. The van der Waals surface area contributed by atoms with Gasteiger partial charge in [0.15, 0.2) is 0 Å². The van der Waals surface area contributed by atoms with Crippen LogP contribution in [0.25, 0.3) is 0 Å². The second-order valence-corrected chi connectivity index (χ2v) is 12.1. The molecule has 7 nitrogen and oxygen atoms in total. The highest BCUT2D eigenvalue weighted by molar-refractivity contribution is 9.09. The van der Waals surface area contributed by atoms with Gasteiger partial charge in [-0.05, 0) is 49.2 Å². The summed E-state index contributed by atoms with van der Waals surface area (Å²) in [5, 5.41) is 0. The molecule has 3 aromatic carbocycles. The molecule has 9 heteroatoms. The average molecular weight is 597 g/mol. The lowest BCUT2D eigenvalue weighted by Gasteiger charge is -2.33. The van der Waals surface area contributed by atoms with Gasteiger partial charge in [-0.2, -0.15) is 0 Å². The van der Waals surface area contributed by atoms with Gasteiger partial charge in [0.25, 0.3) is 0 Å². The molecule has 0 saturated carbocycles. The van der Waals surface area contributed by atoms with E-state index in [1.54, 1.807) is 48.5 Å². The zero-order valence-corrected chi connectivity index (χ0v) is 23.4. The van der Waals surface area contributed by atoms with E-state index in [-0.39, 0.29) is 18.0 Å². The second kappa shape index (κ2) is 12.9. The third-order valence-corrected chi connectivity index (χ3v) is 9.70. The number of para-hydroxylation sites is 1. The van der Waals surface area contributed by atoms with Gasteiger partial charge in [-0.3, -0.25) is 0 Å². The molecule has 198 valence electrons. The Morgan fingerprint density at radius 1 is 0.842 bits per heavy atom. The van der Waals surface area contributed by atoms with E-state index in [0.29, 0.717) is 17.2 Å². The largest absolute Gasteiger partial charge is 0.461 e. The molecular weight excluding hydrogens is 567 g/mol. The maximum atomic E-state index is 12.7. The highest BCUT2D eigenvalue weighted by Crippen LogP contribution is 2.57. The average Bonchev–Trinajstić information content (AvgIpc) is 3.57. The molecule has 5 rings (SSSR count). The first kappa shape index (κ1) is 26.8. The standard InChI is InChI=1S/C29H30BrN2O5P/c30-26(20-35-28(33)22-11-4-1-5-12-22)27(21-36-29(34)23-13-6-2-7-14-23)37-38-31-18-10-17-25(31)19-32(38)24-15-8-3-9-16-24/h1-9,11-16,25-27H,10,17-21H2/t25-,26+,27+,38?/m0/s1. The van der Waals surface area contributed by atoms with E-state index in [1.165, 1.54) is 0 Å². The molecule has 0 radical (unpaired) electrons. The number of fused-ring (bicyclic) bond motifs is 1. The lowest BCUT2D eigenvalue weighted by Crippen LogP contribution is -2.35. The van der Waals surface area contributed by atoms with Crippen molar-refractivity contribution in [1.82, 2.24) is 4.67 Å². The van der Waals surface area contributed by atoms with Crippen LogP contribution in [-0.2, 0) is 14.0 Å². The molecule has 0 spiro atoms. The van der Waals surface area contributed by atoms with Gasteiger partial charge in [0.2, 0.25) is 8.45 Å². The number of rotatable bonds is 10. The Bertz CT molecular complexity index is 1200. The topological polar surface area (TPSA) is 68.3 Å². The van der Waals surface area contributed by atoms with E-state index in [2.05, 4.69) is 37.4 Å². The highest BCUT2D eigenvalue weighted by Gasteiger charge is 2.46. The van der Waals surface area contributed by atoms with Crippen LogP contribution >= 0.6 is 24.4 Å². The number of hydrogen-bond acceptors (Lipinski definition) is 7. The Balaban J connectivity index is 1.32. The van der Waals surface area contributed by atoms with Gasteiger partial charge in [0.05, 0.1) is 16.0 Å². The maximum absolute atomic E-state index is 12.7. The Morgan fingerprint density at radius 2 is 1.39 bits per heavy atom. The zero-order chi connectivity index (χ0) is 26.3. The third-order valence-electron chi connectivity index (χ3n) is 6.61. The van der Waals surface area contributed by atoms with Gasteiger partial charge in [-0.25, -0.2) is 14.3 Å². The summed E-state index contributed by atoms with van der Waals surface area (Å²) in [6.45, 7) is 1.94. The Morgan fingerprint density at radius 3 is 2.00 bits per heavy atom. The van der Waals surface area contributed by atoms with Gasteiger partial charge in [-0.1, -0.05) is 70.5 Å². The normalized spacial score (nSPS) is 20.5. The highest BCUT2D eigenvalue weighted by atomic mass is 79.9. The molecule has 2 aliphatic heterocycles.